The minimum absolute atomic E-state index is 0.338. The molecular weight excluding hydrogens is 647 g/mol. The lowest BCUT2D eigenvalue weighted by atomic mass is 9.95. The van der Waals surface area contributed by atoms with Gasteiger partial charge in [0.1, 0.15) is 0 Å². The van der Waals surface area contributed by atoms with Gasteiger partial charge in [0, 0.05) is 39.2 Å². The molecule has 0 aliphatic heterocycles. The van der Waals surface area contributed by atoms with Gasteiger partial charge >= 0.3 is 0 Å². The molecule has 252 valence electrons. The molecule has 0 radical (unpaired) electrons. The van der Waals surface area contributed by atoms with E-state index in [9.17, 15) is 0 Å². The maximum atomic E-state index is 5.30. The van der Waals surface area contributed by atoms with Crippen LogP contribution in [0.1, 0.15) is 25.3 Å². The lowest BCUT2D eigenvalue weighted by Gasteiger charge is -2.15. The number of aromatic nitrogens is 5. The van der Waals surface area contributed by atoms with Crippen molar-refractivity contribution < 1.29 is 0 Å². The molecule has 5 aromatic carbocycles. The van der Waals surface area contributed by atoms with Gasteiger partial charge in [-0.05, 0) is 65.1 Å². The summed E-state index contributed by atoms with van der Waals surface area (Å²) in [7, 11) is 0. The van der Waals surface area contributed by atoms with E-state index in [-0.39, 0.29) is 0 Å². The summed E-state index contributed by atoms with van der Waals surface area (Å²) < 4.78 is 0. The fourth-order valence-corrected chi connectivity index (χ4v) is 6.97. The summed E-state index contributed by atoms with van der Waals surface area (Å²) in [5, 5.41) is 2.22. The number of benzene rings is 5. The molecule has 0 saturated heterocycles. The van der Waals surface area contributed by atoms with E-state index in [1.807, 2.05) is 60.7 Å². The normalized spacial score (nSPS) is 11.4. The molecular formula is C48H35N5. The fourth-order valence-electron chi connectivity index (χ4n) is 6.97. The standard InChI is InChI=1S/C48H35N5/c1-31(2)40-29-43(32-13-5-3-6-14-32)51-47-39(40)24-22-33-23-25-41(50-46(33)47)37-19-11-17-35(27-37)36-18-12-20-38(28-36)44-30-45(42-21-9-10-26-49-42)53-48(52-44)34-15-7-4-8-16-34/h3-31H,1-2H3. The van der Waals surface area contributed by atoms with Crippen LogP contribution in [0, 0.1) is 0 Å². The molecule has 0 bridgehead atoms. The highest BCUT2D eigenvalue weighted by atomic mass is 14.9. The Balaban J connectivity index is 1.13. The smallest absolute Gasteiger partial charge is 0.160 e. The van der Waals surface area contributed by atoms with Crippen molar-refractivity contribution in [2.75, 3.05) is 0 Å². The monoisotopic (exact) mass is 681 g/mol. The van der Waals surface area contributed by atoms with Crippen molar-refractivity contribution in [3.05, 3.63) is 176 Å². The van der Waals surface area contributed by atoms with Gasteiger partial charge in [-0.1, -0.05) is 135 Å². The summed E-state index contributed by atoms with van der Waals surface area (Å²) in [6.07, 6.45) is 1.79. The van der Waals surface area contributed by atoms with Crippen LogP contribution < -0.4 is 0 Å². The average Bonchev–Trinajstić information content (AvgIpc) is 3.24. The van der Waals surface area contributed by atoms with Crippen molar-refractivity contribution in [2.24, 2.45) is 0 Å². The fraction of sp³-hybridized carbons (Fsp3) is 0.0625. The minimum atomic E-state index is 0.338. The zero-order chi connectivity index (χ0) is 35.7. The van der Waals surface area contributed by atoms with E-state index < -0.39 is 0 Å². The van der Waals surface area contributed by atoms with Crippen molar-refractivity contribution in [2.45, 2.75) is 19.8 Å². The highest BCUT2D eigenvalue weighted by molar-refractivity contribution is 6.05. The van der Waals surface area contributed by atoms with Gasteiger partial charge in [-0.3, -0.25) is 4.98 Å². The van der Waals surface area contributed by atoms with E-state index >= 15 is 0 Å². The van der Waals surface area contributed by atoms with E-state index in [0.29, 0.717) is 11.7 Å². The molecule has 9 rings (SSSR count). The van der Waals surface area contributed by atoms with Gasteiger partial charge < -0.3 is 0 Å². The Morgan fingerprint density at radius 1 is 0.377 bits per heavy atom. The number of hydrogen-bond donors (Lipinski definition) is 0. The molecule has 0 amide bonds. The summed E-state index contributed by atoms with van der Waals surface area (Å²) in [6.45, 7) is 4.48. The molecule has 5 nitrogen and oxygen atoms in total. The zero-order valence-corrected chi connectivity index (χ0v) is 29.5. The molecule has 4 aromatic heterocycles. The third kappa shape index (κ3) is 6.34. The summed E-state index contributed by atoms with van der Waals surface area (Å²) in [6, 6.07) is 56.4. The molecule has 0 spiro atoms. The van der Waals surface area contributed by atoms with Crippen LogP contribution in [0.4, 0.5) is 0 Å². The molecule has 0 N–H and O–H groups in total. The van der Waals surface area contributed by atoms with Crippen LogP contribution in [0.3, 0.4) is 0 Å². The van der Waals surface area contributed by atoms with Crippen molar-refractivity contribution >= 4 is 21.8 Å². The van der Waals surface area contributed by atoms with Crippen molar-refractivity contribution in [1.29, 1.82) is 0 Å². The quantitative estimate of drug-likeness (QED) is 0.157. The Morgan fingerprint density at radius 3 is 1.66 bits per heavy atom. The second kappa shape index (κ2) is 13.7. The lowest BCUT2D eigenvalue weighted by molar-refractivity contribution is 0.875. The maximum absolute atomic E-state index is 5.30. The third-order valence-corrected chi connectivity index (χ3v) is 9.70. The second-order valence-electron chi connectivity index (χ2n) is 13.6. The Morgan fingerprint density at radius 2 is 0.962 bits per heavy atom. The van der Waals surface area contributed by atoms with E-state index in [1.165, 1.54) is 5.56 Å². The first-order valence-electron chi connectivity index (χ1n) is 17.9. The summed E-state index contributed by atoms with van der Waals surface area (Å²) in [5.41, 5.74) is 13.7. The van der Waals surface area contributed by atoms with Crippen LogP contribution in [-0.2, 0) is 0 Å². The first kappa shape index (κ1) is 32.1. The molecule has 0 fully saturated rings. The Bertz CT molecular complexity index is 2690. The first-order chi connectivity index (χ1) is 26.1. The maximum Gasteiger partial charge on any atom is 0.160 e. The van der Waals surface area contributed by atoms with Gasteiger partial charge in [-0.2, -0.15) is 0 Å². The molecule has 53 heavy (non-hydrogen) atoms. The Hall–Kier alpha value is -6.85. The van der Waals surface area contributed by atoms with Gasteiger partial charge in [0.05, 0.1) is 39.5 Å². The molecule has 0 aliphatic rings. The van der Waals surface area contributed by atoms with Crippen LogP contribution in [-0.4, -0.2) is 24.9 Å². The molecule has 0 atom stereocenters. The van der Waals surface area contributed by atoms with Crippen LogP contribution in [0.15, 0.2) is 170 Å². The van der Waals surface area contributed by atoms with Gasteiger partial charge in [-0.15, -0.1) is 0 Å². The van der Waals surface area contributed by atoms with Gasteiger partial charge in [0.25, 0.3) is 0 Å². The molecule has 0 unspecified atom stereocenters. The zero-order valence-electron chi connectivity index (χ0n) is 29.5. The van der Waals surface area contributed by atoms with E-state index in [2.05, 4.69) is 122 Å². The molecule has 0 aliphatic carbocycles. The van der Waals surface area contributed by atoms with E-state index in [0.717, 1.165) is 83.7 Å². The number of hydrogen-bond acceptors (Lipinski definition) is 5. The van der Waals surface area contributed by atoms with Crippen molar-refractivity contribution in [1.82, 2.24) is 24.9 Å². The Kier molecular flexibility index (Phi) is 8.29. The van der Waals surface area contributed by atoms with Crippen LogP contribution in [0.5, 0.6) is 0 Å². The third-order valence-electron chi connectivity index (χ3n) is 9.70. The predicted molar refractivity (Wildman–Crippen MR) is 217 cm³/mol. The minimum Gasteiger partial charge on any atom is -0.255 e. The first-order valence-corrected chi connectivity index (χ1v) is 17.9. The van der Waals surface area contributed by atoms with E-state index in [1.54, 1.807) is 6.20 Å². The van der Waals surface area contributed by atoms with E-state index in [4.69, 9.17) is 19.9 Å². The highest BCUT2D eigenvalue weighted by Crippen LogP contribution is 2.35. The molecule has 9 aromatic rings. The largest absolute Gasteiger partial charge is 0.255 e. The molecule has 5 heteroatoms. The average molecular weight is 682 g/mol. The van der Waals surface area contributed by atoms with Crippen LogP contribution in [0.25, 0.3) is 89.5 Å². The lowest BCUT2D eigenvalue weighted by Crippen LogP contribution is -1.97. The summed E-state index contributed by atoms with van der Waals surface area (Å²) in [4.78, 5) is 25.1. The summed E-state index contributed by atoms with van der Waals surface area (Å²) >= 11 is 0. The second-order valence-corrected chi connectivity index (χ2v) is 13.6. The number of pyridine rings is 3. The highest BCUT2D eigenvalue weighted by Gasteiger charge is 2.16. The Labute approximate surface area is 308 Å². The molecule has 0 saturated carbocycles. The topological polar surface area (TPSA) is 64.5 Å². The van der Waals surface area contributed by atoms with Crippen molar-refractivity contribution in [3.8, 4) is 67.7 Å². The van der Waals surface area contributed by atoms with Gasteiger partial charge in [0.15, 0.2) is 5.82 Å². The van der Waals surface area contributed by atoms with Gasteiger partial charge in [-0.25, -0.2) is 19.9 Å². The number of rotatable bonds is 7. The number of nitrogens with zero attached hydrogens (tertiary/aromatic N) is 5. The van der Waals surface area contributed by atoms with Crippen LogP contribution in [0.2, 0.25) is 0 Å². The summed E-state index contributed by atoms with van der Waals surface area (Å²) in [5.74, 6) is 1.00. The molecule has 4 heterocycles. The number of fused-ring (bicyclic) bond motifs is 3. The predicted octanol–water partition coefficient (Wildman–Crippen LogP) is 12.1. The SMILES string of the molecule is CC(C)c1cc(-c2ccccc2)nc2c1ccc1ccc(-c3cccc(-c4cccc(-c5cc(-c6ccccn6)nc(-c6ccccc6)n5)c4)c3)nc12. The van der Waals surface area contributed by atoms with Crippen molar-refractivity contribution in [3.63, 3.8) is 0 Å². The van der Waals surface area contributed by atoms with Crippen LogP contribution >= 0.6 is 0 Å². The van der Waals surface area contributed by atoms with Gasteiger partial charge in [0.2, 0.25) is 0 Å².